The average molecular weight is 633 g/mol. The minimum Gasteiger partial charge on any atom is -0.504 e. The molecule has 1 aromatic carbocycles. The number of allylic oxidation sites excluding steroid dienone is 1. The van der Waals surface area contributed by atoms with Gasteiger partial charge in [-0.25, -0.2) is 4.79 Å². The number of ether oxygens (including phenoxy) is 2. The second kappa shape index (κ2) is 11.2. The first-order valence-corrected chi connectivity index (χ1v) is 17.7. The van der Waals surface area contributed by atoms with Gasteiger partial charge in [-0.1, -0.05) is 52.8 Å². The summed E-state index contributed by atoms with van der Waals surface area (Å²) in [5.74, 6) is 1.42. The Morgan fingerprint density at radius 2 is 1.65 bits per heavy atom. The molecule has 5 fully saturated rings. The fourth-order valence-electron chi connectivity index (χ4n) is 12.8. The van der Waals surface area contributed by atoms with Crippen molar-refractivity contribution in [3.63, 3.8) is 0 Å². The van der Waals surface area contributed by atoms with Crippen LogP contribution in [0.15, 0.2) is 36.4 Å². The van der Waals surface area contributed by atoms with Crippen LogP contribution < -0.4 is 4.74 Å². The Morgan fingerprint density at radius 3 is 2.33 bits per heavy atom. The Bertz CT molecular complexity index is 1440. The Balaban J connectivity index is 1.23. The Morgan fingerprint density at radius 1 is 0.913 bits per heavy atom. The molecule has 0 aromatic heterocycles. The first-order chi connectivity index (χ1) is 21.5. The predicted octanol–water partition coefficient (Wildman–Crippen LogP) is 9.07. The molecule has 0 spiro atoms. The van der Waals surface area contributed by atoms with Crippen molar-refractivity contribution in [3.05, 3.63) is 42.0 Å². The number of hydrogen-bond acceptors (Lipinski definition) is 5. The molecule has 5 aliphatic rings. The average Bonchev–Trinajstić information content (AvgIpc) is 3.40. The number of phenolic OH excluding ortho intramolecular Hbond substituents is 1. The van der Waals surface area contributed by atoms with Crippen molar-refractivity contribution in [2.75, 3.05) is 7.11 Å². The van der Waals surface area contributed by atoms with Crippen LogP contribution in [0.4, 0.5) is 0 Å². The summed E-state index contributed by atoms with van der Waals surface area (Å²) < 4.78 is 11.4. The highest BCUT2D eigenvalue weighted by molar-refractivity contribution is 5.87. The van der Waals surface area contributed by atoms with Gasteiger partial charge in [0.2, 0.25) is 0 Å². The van der Waals surface area contributed by atoms with E-state index in [4.69, 9.17) is 9.47 Å². The van der Waals surface area contributed by atoms with Gasteiger partial charge < -0.3 is 19.7 Å². The number of fused-ring (bicyclic) bond motifs is 7. The molecule has 6 heteroatoms. The number of methoxy groups -OCH3 is 1. The topological polar surface area (TPSA) is 93.1 Å². The van der Waals surface area contributed by atoms with Crippen LogP contribution in [-0.2, 0) is 14.3 Å². The Labute approximate surface area is 276 Å². The van der Waals surface area contributed by atoms with Gasteiger partial charge in [0, 0.05) is 11.5 Å². The Kier molecular flexibility index (Phi) is 8.04. The van der Waals surface area contributed by atoms with Gasteiger partial charge in [-0.2, -0.15) is 0 Å². The first kappa shape index (κ1) is 33.2. The van der Waals surface area contributed by atoms with Gasteiger partial charge in [0.1, 0.15) is 6.10 Å². The molecule has 1 aromatic rings. The largest absolute Gasteiger partial charge is 0.504 e. The number of rotatable bonds is 6. The molecule has 5 saturated carbocycles. The second-order valence-corrected chi connectivity index (χ2v) is 17.2. The van der Waals surface area contributed by atoms with Gasteiger partial charge in [0.25, 0.3) is 0 Å². The minimum atomic E-state index is -0.592. The van der Waals surface area contributed by atoms with Crippen molar-refractivity contribution in [1.29, 1.82) is 0 Å². The van der Waals surface area contributed by atoms with Crippen molar-refractivity contribution in [2.24, 2.45) is 56.7 Å². The maximum Gasteiger partial charge on any atom is 0.331 e. The summed E-state index contributed by atoms with van der Waals surface area (Å²) in [5.41, 5.74) is 1.54. The van der Waals surface area contributed by atoms with E-state index >= 15 is 0 Å². The van der Waals surface area contributed by atoms with Crippen LogP contribution in [-0.4, -0.2) is 35.4 Å². The van der Waals surface area contributed by atoms with Crippen molar-refractivity contribution in [2.45, 2.75) is 112 Å². The van der Waals surface area contributed by atoms with Gasteiger partial charge in [0.15, 0.2) is 11.5 Å². The summed E-state index contributed by atoms with van der Waals surface area (Å²) in [6.07, 6.45) is 13.0. The van der Waals surface area contributed by atoms with Crippen LogP contribution >= 0.6 is 0 Å². The number of hydrogen-bond donors (Lipinski definition) is 2. The number of esters is 1. The molecule has 0 heterocycles. The van der Waals surface area contributed by atoms with Crippen LogP contribution in [0.2, 0.25) is 0 Å². The SMILES string of the molecule is C=C(C)[C@@H]1CC[C@]2(C(=O)O)CC[C@]3(C)[C@H](CC[C@@H]4[C@@]5(C)CC[C@H](OC(=O)/C=C\c6ccc(O)c(OC)c6)C(C)(C)[C@@H]5CC[C@]43C)[C@@H]12. The molecule has 5 aliphatic carbocycles. The number of phenols is 1. The molecule has 0 bridgehead atoms. The molecule has 10 atom stereocenters. The summed E-state index contributed by atoms with van der Waals surface area (Å²) in [4.78, 5) is 26.1. The van der Waals surface area contributed by atoms with Gasteiger partial charge in [-0.05, 0) is 141 Å². The number of aromatic hydroxyl groups is 1. The quantitative estimate of drug-likeness (QED) is 0.185. The lowest BCUT2D eigenvalue weighted by atomic mass is 9.32. The molecule has 46 heavy (non-hydrogen) atoms. The molecule has 0 radical (unpaired) electrons. The predicted molar refractivity (Wildman–Crippen MR) is 180 cm³/mol. The third kappa shape index (κ3) is 4.62. The summed E-state index contributed by atoms with van der Waals surface area (Å²) in [6.45, 7) is 18.8. The van der Waals surface area contributed by atoms with Crippen molar-refractivity contribution >= 4 is 18.0 Å². The summed E-state index contributed by atoms with van der Waals surface area (Å²) in [6, 6.07) is 5.00. The van der Waals surface area contributed by atoms with Crippen LogP contribution in [0.5, 0.6) is 11.5 Å². The lowest BCUT2D eigenvalue weighted by molar-refractivity contribution is -0.250. The molecule has 6 rings (SSSR count). The van der Waals surface area contributed by atoms with Crippen LogP contribution in [0, 0.1) is 56.7 Å². The van der Waals surface area contributed by atoms with Crippen LogP contribution in [0.1, 0.15) is 111 Å². The highest BCUT2D eigenvalue weighted by atomic mass is 16.5. The molecule has 0 unspecified atom stereocenters. The van der Waals surface area contributed by atoms with E-state index in [0.29, 0.717) is 29.4 Å². The van der Waals surface area contributed by atoms with Crippen molar-refractivity contribution in [1.82, 2.24) is 0 Å². The van der Waals surface area contributed by atoms with E-state index in [-0.39, 0.29) is 45.4 Å². The molecule has 2 N–H and O–H groups in total. The molecule has 0 saturated heterocycles. The van der Waals surface area contributed by atoms with E-state index in [9.17, 15) is 19.8 Å². The third-order valence-corrected chi connectivity index (χ3v) is 15.3. The van der Waals surface area contributed by atoms with Gasteiger partial charge in [0.05, 0.1) is 12.5 Å². The number of benzene rings is 1. The van der Waals surface area contributed by atoms with Crippen LogP contribution in [0.3, 0.4) is 0 Å². The maximum absolute atomic E-state index is 13.1. The second-order valence-electron chi connectivity index (χ2n) is 17.2. The number of carboxylic acids is 1. The summed E-state index contributed by atoms with van der Waals surface area (Å²) >= 11 is 0. The third-order valence-electron chi connectivity index (χ3n) is 15.3. The number of carbonyl (C=O) groups excluding carboxylic acids is 1. The van der Waals surface area contributed by atoms with E-state index in [1.807, 2.05) is 0 Å². The van der Waals surface area contributed by atoms with Gasteiger partial charge >= 0.3 is 11.9 Å². The molecular formula is C40H56O6. The zero-order chi connectivity index (χ0) is 33.4. The van der Waals surface area contributed by atoms with Gasteiger partial charge in [-0.3, -0.25) is 4.79 Å². The molecular weight excluding hydrogens is 576 g/mol. The van der Waals surface area contributed by atoms with Gasteiger partial charge in [-0.15, -0.1) is 0 Å². The Hall–Kier alpha value is -2.76. The minimum absolute atomic E-state index is 0.0618. The molecule has 6 nitrogen and oxygen atoms in total. The molecule has 0 amide bonds. The van der Waals surface area contributed by atoms with Crippen molar-refractivity contribution < 1.29 is 29.3 Å². The first-order valence-electron chi connectivity index (χ1n) is 17.7. The smallest absolute Gasteiger partial charge is 0.331 e. The number of carboxylic acid groups (broad SMARTS) is 1. The summed E-state index contributed by atoms with van der Waals surface area (Å²) in [7, 11) is 1.50. The fraction of sp³-hybridized carbons (Fsp3) is 0.700. The van der Waals surface area contributed by atoms with E-state index in [1.165, 1.54) is 18.8 Å². The standard InChI is InChI=1S/C40H56O6/c1-24(2)26-15-20-40(35(43)44)22-21-38(6)27(34(26)40)11-13-31-37(5)18-17-32(36(3,4)30(37)16-19-39(31,38)7)46-33(42)14-10-25-9-12-28(41)29(23-25)45-8/h9-10,12,14,23,26-27,30-32,34,41H,1,11,13,15-22H2,2-8H3,(H,43,44)/b14-10-/t26-,27+,30-,31+,32-,34+,37-,38+,39+,40-/m0/s1. The monoisotopic (exact) mass is 632 g/mol. The zero-order valence-electron chi connectivity index (χ0n) is 29.2. The lowest BCUT2D eigenvalue weighted by Gasteiger charge is -2.72. The van der Waals surface area contributed by atoms with E-state index in [1.54, 1.807) is 24.3 Å². The highest BCUT2D eigenvalue weighted by Gasteiger charge is 2.72. The summed E-state index contributed by atoms with van der Waals surface area (Å²) in [5, 5.41) is 20.5. The van der Waals surface area contributed by atoms with E-state index in [0.717, 1.165) is 69.8 Å². The number of carbonyl (C=O) groups is 2. The number of aliphatic carboxylic acids is 1. The van der Waals surface area contributed by atoms with E-state index in [2.05, 4.69) is 48.1 Å². The maximum atomic E-state index is 13.1. The molecule has 252 valence electrons. The zero-order valence-corrected chi connectivity index (χ0v) is 29.2. The highest BCUT2D eigenvalue weighted by Crippen LogP contribution is 2.77. The lowest BCUT2D eigenvalue weighted by Crippen LogP contribution is -2.67. The van der Waals surface area contributed by atoms with Crippen molar-refractivity contribution in [3.8, 4) is 11.5 Å². The molecule has 0 aliphatic heterocycles. The fourth-order valence-corrected chi connectivity index (χ4v) is 12.8. The van der Waals surface area contributed by atoms with E-state index < -0.39 is 11.4 Å². The normalized spacial score (nSPS) is 42.7. The van der Waals surface area contributed by atoms with Crippen LogP contribution in [0.25, 0.3) is 6.08 Å².